The van der Waals surface area contributed by atoms with Crippen molar-refractivity contribution in [1.82, 2.24) is 4.90 Å². The molecule has 0 spiro atoms. The highest BCUT2D eigenvalue weighted by Crippen LogP contribution is 2.29. The molecule has 5 nitrogen and oxygen atoms in total. The van der Waals surface area contributed by atoms with Crippen LogP contribution in [0.4, 0.5) is 0 Å². The minimum atomic E-state index is -0.143. The summed E-state index contributed by atoms with van der Waals surface area (Å²) in [6.45, 7) is 5.52. The minimum absolute atomic E-state index is 0. The summed E-state index contributed by atoms with van der Waals surface area (Å²) in [6.07, 6.45) is 0. The van der Waals surface area contributed by atoms with Gasteiger partial charge in [-0.15, -0.1) is 12.4 Å². The van der Waals surface area contributed by atoms with E-state index in [4.69, 9.17) is 26.8 Å². The Kier molecular flexibility index (Phi) is 9.08. The number of carbonyl (C=O) groups is 1. The fraction of sp³-hybridized carbons (Fsp3) is 0.381. The van der Waals surface area contributed by atoms with E-state index in [1.165, 1.54) is 0 Å². The third-order valence-corrected chi connectivity index (χ3v) is 4.53. The van der Waals surface area contributed by atoms with Crippen LogP contribution in [0.5, 0.6) is 11.5 Å². The second-order valence-corrected chi connectivity index (χ2v) is 7.75. The molecule has 0 bridgehead atoms. The Morgan fingerprint density at radius 3 is 2.36 bits per heavy atom. The molecule has 0 aliphatic rings. The van der Waals surface area contributed by atoms with Crippen LogP contribution < -0.4 is 15.2 Å². The molecule has 0 unspecified atom stereocenters. The zero-order valence-corrected chi connectivity index (χ0v) is 18.3. The van der Waals surface area contributed by atoms with Gasteiger partial charge >= 0.3 is 0 Å². The Hall–Kier alpha value is -1.95. The van der Waals surface area contributed by atoms with Crippen molar-refractivity contribution in [1.29, 1.82) is 0 Å². The number of hydrogen-bond donors (Lipinski definition) is 1. The van der Waals surface area contributed by atoms with Gasteiger partial charge in [-0.25, -0.2) is 0 Å². The predicted octanol–water partition coefficient (Wildman–Crippen LogP) is 4.41. The molecule has 0 atom stereocenters. The molecule has 0 saturated heterocycles. The SMILES string of the molecule is COc1cc(C(=O)N(C)CC(C)(C)CN)ccc1OCc1ccc(Cl)cc1.Cl. The molecule has 28 heavy (non-hydrogen) atoms. The minimum Gasteiger partial charge on any atom is -0.493 e. The van der Waals surface area contributed by atoms with Crippen molar-refractivity contribution in [3.05, 3.63) is 58.6 Å². The van der Waals surface area contributed by atoms with Crippen molar-refractivity contribution in [3.63, 3.8) is 0 Å². The van der Waals surface area contributed by atoms with Crippen molar-refractivity contribution < 1.29 is 14.3 Å². The average Bonchev–Trinajstić information content (AvgIpc) is 2.66. The van der Waals surface area contributed by atoms with E-state index in [0.717, 1.165) is 5.56 Å². The molecule has 2 aromatic carbocycles. The first-order valence-electron chi connectivity index (χ1n) is 8.76. The topological polar surface area (TPSA) is 64.8 Å². The van der Waals surface area contributed by atoms with E-state index in [2.05, 4.69) is 0 Å². The third-order valence-electron chi connectivity index (χ3n) is 4.28. The van der Waals surface area contributed by atoms with Crippen LogP contribution in [0.1, 0.15) is 29.8 Å². The number of methoxy groups -OCH3 is 1. The number of rotatable bonds is 8. The Labute approximate surface area is 178 Å². The van der Waals surface area contributed by atoms with Gasteiger partial charge in [-0.3, -0.25) is 4.79 Å². The second-order valence-electron chi connectivity index (χ2n) is 7.31. The highest BCUT2D eigenvalue weighted by Gasteiger charge is 2.22. The average molecular weight is 427 g/mol. The van der Waals surface area contributed by atoms with Crippen molar-refractivity contribution >= 4 is 29.9 Å². The summed E-state index contributed by atoms with van der Waals surface area (Å²) >= 11 is 5.89. The smallest absolute Gasteiger partial charge is 0.253 e. The van der Waals surface area contributed by atoms with Gasteiger partial charge in [0.05, 0.1) is 7.11 Å². The monoisotopic (exact) mass is 426 g/mol. The zero-order valence-electron chi connectivity index (χ0n) is 16.7. The van der Waals surface area contributed by atoms with Crippen molar-refractivity contribution in [3.8, 4) is 11.5 Å². The normalized spacial score (nSPS) is 10.8. The molecule has 0 aliphatic carbocycles. The summed E-state index contributed by atoms with van der Waals surface area (Å²) in [5.74, 6) is 1.01. The summed E-state index contributed by atoms with van der Waals surface area (Å²) < 4.78 is 11.2. The molecular weight excluding hydrogens is 399 g/mol. The maximum absolute atomic E-state index is 12.7. The lowest BCUT2D eigenvalue weighted by Crippen LogP contribution is -2.39. The van der Waals surface area contributed by atoms with Crippen LogP contribution in [0.3, 0.4) is 0 Å². The molecule has 154 valence electrons. The fourth-order valence-corrected chi connectivity index (χ4v) is 2.79. The van der Waals surface area contributed by atoms with Gasteiger partial charge in [0.2, 0.25) is 0 Å². The summed E-state index contributed by atoms with van der Waals surface area (Å²) in [6, 6.07) is 12.6. The molecule has 0 heterocycles. The van der Waals surface area contributed by atoms with Gasteiger partial charge in [-0.2, -0.15) is 0 Å². The van der Waals surface area contributed by atoms with Gasteiger partial charge in [0.1, 0.15) is 6.61 Å². The van der Waals surface area contributed by atoms with Crippen molar-refractivity contribution in [2.75, 3.05) is 27.2 Å². The fourth-order valence-electron chi connectivity index (χ4n) is 2.66. The molecule has 0 radical (unpaired) electrons. The van der Waals surface area contributed by atoms with E-state index in [1.54, 1.807) is 37.3 Å². The van der Waals surface area contributed by atoms with Gasteiger partial charge < -0.3 is 20.1 Å². The lowest BCUT2D eigenvalue weighted by molar-refractivity contribution is 0.0740. The summed E-state index contributed by atoms with van der Waals surface area (Å²) in [4.78, 5) is 14.4. The largest absolute Gasteiger partial charge is 0.493 e. The molecule has 2 aromatic rings. The van der Waals surface area contributed by atoms with Crippen molar-refractivity contribution in [2.45, 2.75) is 20.5 Å². The highest BCUT2D eigenvalue weighted by molar-refractivity contribution is 6.30. The van der Waals surface area contributed by atoms with Gasteiger partial charge in [-0.05, 0) is 47.9 Å². The number of nitrogens with two attached hydrogens (primary N) is 1. The molecule has 0 aromatic heterocycles. The first kappa shape index (κ1) is 24.1. The number of hydrogen-bond acceptors (Lipinski definition) is 4. The van der Waals surface area contributed by atoms with Crippen LogP contribution in [0, 0.1) is 5.41 Å². The van der Waals surface area contributed by atoms with Gasteiger partial charge in [0, 0.05) is 24.2 Å². The summed E-state index contributed by atoms with van der Waals surface area (Å²) in [5.41, 5.74) is 7.16. The van der Waals surface area contributed by atoms with E-state index >= 15 is 0 Å². The Morgan fingerprint density at radius 1 is 1.14 bits per heavy atom. The van der Waals surface area contributed by atoms with E-state index in [1.807, 2.05) is 38.1 Å². The Balaban J connectivity index is 0.00000392. The standard InChI is InChI=1S/C21H27ClN2O3.ClH/c1-21(2,13-23)14-24(3)20(25)16-7-10-18(19(11-16)26-4)27-12-15-5-8-17(22)9-6-15;/h5-11H,12-14,23H2,1-4H3;1H. The number of benzene rings is 2. The van der Waals surface area contributed by atoms with Gasteiger partial charge in [-0.1, -0.05) is 37.6 Å². The van der Waals surface area contributed by atoms with E-state index in [9.17, 15) is 4.79 Å². The maximum Gasteiger partial charge on any atom is 0.253 e. The number of nitrogens with zero attached hydrogens (tertiary/aromatic N) is 1. The number of amides is 1. The highest BCUT2D eigenvalue weighted by atomic mass is 35.5. The van der Waals surface area contributed by atoms with Gasteiger partial charge in [0.25, 0.3) is 5.91 Å². The van der Waals surface area contributed by atoms with Crippen LogP contribution >= 0.6 is 24.0 Å². The second kappa shape index (κ2) is 10.6. The summed E-state index contributed by atoms with van der Waals surface area (Å²) in [5, 5.41) is 0.682. The van der Waals surface area contributed by atoms with Crippen LogP contribution in [-0.2, 0) is 6.61 Å². The molecule has 0 fully saturated rings. The molecule has 0 aliphatic heterocycles. The molecular formula is C21H28Cl2N2O3. The van der Waals surface area contributed by atoms with Crippen LogP contribution in [0.25, 0.3) is 0 Å². The Bertz CT molecular complexity index is 780. The van der Waals surface area contributed by atoms with E-state index < -0.39 is 0 Å². The zero-order chi connectivity index (χ0) is 20.0. The van der Waals surface area contributed by atoms with Crippen LogP contribution in [-0.4, -0.2) is 38.1 Å². The van der Waals surface area contributed by atoms with E-state index in [-0.39, 0.29) is 23.7 Å². The first-order valence-corrected chi connectivity index (χ1v) is 9.14. The quantitative estimate of drug-likeness (QED) is 0.678. The number of ether oxygens (including phenoxy) is 2. The third kappa shape index (κ3) is 6.59. The number of halogens is 2. The lowest BCUT2D eigenvalue weighted by atomic mass is 9.93. The van der Waals surface area contributed by atoms with Crippen LogP contribution in [0.15, 0.2) is 42.5 Å². The molecule has 7 heteroatoms. The lowest BCUT2D eigenvalue weighted by Gasteiger charge is -2.29. The van der Waals surface area contributed by atoms with Gasteiger partial charge in [0.15, 0.2) is 11.5 Å². The molecule has 2 N–H and O–H groups in total. The van der Waals surface area contributed by atoms with E-state index in [0.29, 0.717) is 41.8 Å². The molecule has 0 saturated carbocycles. The number of carbonyl (C=O) groups excluding carboxylic acids is 1. The molecule has 1 amide bonds. The van der Waals surface area contributed by atoms with Crippen LogP contribution in [0.2, 0.25) is 5.02 Å². The molecule has 2 rings (SSSR count). The predicted molar refractivity (Wildman–Crippen MR) is 116 cm³/mol. The first-order chi connectivity index (χ1) is 12.8. The van der Waals surface area contributed by atoms with Crippen molar-refractivity contribution in [2.24, 2.45) is 11.1 Å². The maximum atomic E-state index is 12.7. The Morgan fingerprint density at radius 2 is 1.79 bits per heavy atom. The summed E-state index contributed by atoms with van der Waals surface area (Å²) in [7, 11) is 3.33.